The number of rotatable bonds is 5. The van der Waals surface area contributed by atoms with Gasteiger partial charge < -0.3 is 19.3 Å². The van der Waals surface area contributed by atoms with E-state index in [0.717, 1.165) is 6.42 Å². The molecule has 5 heteroatoms. The van der Waals surface area contributed by atoms with Gasteiger partial charge in [0, 0.05) is 5.56 Å². The van der Waals surface area contributed by atoms with Crippen molar-refractivity contribution in [1.82, 2.24) is 0 Å². The van der Waals surface area contributed by atoms with Crippen LogP contribution in [0.25, 0.3) is 0 Å². The van der Waals surface area contributed by atoms with Gasteiger partial charge in [-0.1, -0.05) is 13.3 Å². The average molecular weight is 266 g/mol. The first kappa shape index (κ1) is 13.7. The topological polar surface area (TPSA) is 65.0 Å². The Hall–Kier alpha value is -1.75. The molecule has 0 saturated carbocycles. The van der Waals surface area contributed by atoms with Gasteiger partial charge in [-0.15, -0.1) is 0 Å². The Labute approximate surface area is 112 Å². The first-order chi connectivity index (χ1) is 9.12. The van der Waals surface area contributed by atoms with Gasteiger partial charge in [0.2, 0.25) is 0 Å². The van der Waals surface area contributed by atoms with E-state index >= 15 is 0 Å². The Morgan fingerprint density at radius 1 is 1.32 bits per heavy atom. The Morgan fingerprint density at radius 3 is 2.53 bits per heavy atom. The highest BCUT2D eigenvalue weighted by atomic mass is 16.6. The van der Waals surface area contributed by atoms with Gasteiger partial charge in [0.15, 0.2) is 17.6 Å². The van der Waals surface area contributed by atoms with Gasteiger partial charge >= 0.3 is 5.97 Å². The first-order valence-corrected chi connectivity index (χ1v) is 6.27. The quantitative estimate of drug-likeness (QED) is 0.826. The van der Waals surface area contributed by atoms with E-state index in [9.17, 15) is 9.90 Å². The lowest BCUT2D eigenvalue weighted by Crippen LogP contribution is -2.18. The van der Waals surface area contributed by atoms with Crippen LogP contribution in [0.1, 0.15) is 41.8 Å². The third-order valence-corrected chi connectivity index (χ3v) is 3.25. The monoisotopic (exact) mass is 266 g/mol. The zero-order valence-corrected chi connectivity index (χ0v) is 11.3. The van der Waals surface area contributed by atoms with Crippen molar-refractivity contribution >= 4 is 5.97 Å². The lowest BCUT2D eigenvalue weighted by Gasteiger charge is -2.18. The fourth-order valence-electron chi connectivity index (χ4n) is 2.28. The molecule has 1 heterocycles. The summed E-state index contributed by atoms with van der Waals surface area (Å²) in [6.07, 6.45) is 0.0689. The molecule has 1 aromatic rings. The maximum atomic E-state index is 11.8. The number of aliphatic hydroxyl groups excluding tert-OH is 1. The smallest absolute Gasteiger partial charge is 0.339 e. The number of carbonyl (C=O) groups is 1. The summed E-state index contributed by atoms with van der Waals surface area (Å²) in [5, 5.41) is 10.1. The van der Waals surface area contributed by atoms with Gasteiger partial charge in [-0.25, -0.2) is 4.79 Å². The van der Waals surface area contributed by atoms with Crippen molar-refractivity contribution in [3.05, 3.63) is 23.3 Å². The molecular formula is C14H18O5. The van der Waals surface area contributed by atoms with Crippen molar-refractivity contribution in [2.24, 2.45) is 0 Å². The van der Waals surface area contributed by atoms with Crippen molar-refractivity contribution < 1.29 is 24.1 Å². The number of fused-ring (bicyclic) bond motifs is 1. The molecule has 104 valence electrons. The van der Waals surface area contributed by atoms with Gasteiger partial charge in [0.05, 0.1) is 25.9 Å². The van der Waals surface area contributed by atoms with E-state index in [1.165, 1.54) is 14.2 Å². The van der Waals surface area contributed by atoms with Gasteiger partial charge in [-0.05, 0) is 18.6 Å². The van der Waals surface area contributed by atoms with E-state index in [1.54, 1.807) is 12.1 Å². The predicted molar refractivity (Wildman–Crippen MR) is 68.6 cm³/mol. The van der Waals surface area contributed by atoms with Crippen LogP contribution < -0.4 is 9.47 Å². The lowest BCUT2D eigenvalue weighted by molar-refractivity contribution is -0.0122. The molecule has 0 amide bonds. The number of carbonyl (C=O) groups excluding carboxylic acids is 1. The molecule has 1 N–H and O–H groups in total. The molecule has 0 aliphatic carbocycles. The zero-order chi connectivity index (χ0) is 14.0. The Balaban J connectivity index is 2.42. The number of hydrogen-bond donors (Lipinski definition) is 1. The second-order valence-corrected chi connectivity index (χ2v) is 4.48. The summed E-state index contributed by atoms with van der Waals surface area (Å²) in [7, 11) is 3.04. The number of esters is 1. The number of ether oxygens (including phenoxy) is 3. The van der Waals surface area contributed by atoms with Crippen molar-refractivity contribution in [3.63, 3.8) is 0 Å². The minimum atomic E-state index is -0.701. The molecule has 0 fully saturated rings. The largest absolute Gasteiger partial charge is 0.493 e. The molecule has 2 unspecified atom stereocenters. The molecular weight excluding hydrogens is 248 g/mol. The van der Waals surface area contributed by atoms with Crippen LogP contribution in [-0.2, 0) is 4.74 Å². The third-order valence-electron chi connectivity index (χ3n) is 3.25. The minimum Gasteiger partial charge on any atom is -0.493 e. The molecule has 2 atom stereocenters. The van der Waals surface area contributed by atoms with Crippen molar-refractivity contribution in [1.29, 1.82) is 0 Å². The molecule has 1 aliphatic heterocycles. The van der Waals surface area contributed by atoms with Crippen LogP contribution in [0, 0.1) is 0 Å². The van der Waals surface area contributed by atoms with Gasteiger partial charge in [0.25, 0.3) is 0 Å². The minimum absolute atomic E-state index is 0.429. The lowest BCUT2D eigenvalue weighted by atomic mass is 9.98. The van der Waals surface area contributed by atoms with E-state index in [-0.39, 0.29) is 0 Å². The fourth-order valence-corrected chi connectivity index (χ4v) is 2.28. The highest BCUT2D eigenvalue weighted by Crippen LogP contribution is 2.40. The number of methoxy groups -OCH3 is 2. The summed E-state index contributed by atoms with van der Waals surface area (Å²) in [6, 6.07) is 3.29. The van der Waals surface area contributed by atoms with Crippen LogP contribution >= 0.6 is 0 Å². The molecule has 0 spiro atoms. The standard InChI is InChI=1S/C14H18O5/c1-4-5-10(15)13-8-6-11(17-2)12(18-3)7-9(8)14(16)19-13/h6-7,10,13,15H,4-5H2,1-3H3. The molecule has 0 saturated heterocycles. The van der Waals surface area contributed by atoms with Crippen LogP contribution in [0.3, 0.4) is 0 Å². The second-order valence-electron chi connectivity index (χ2n) is 4.48. The maximum Gasteiger partial charge on any atom is 0.339 e. The number of benzene rings is 1. The Kier molecular flexibility index (Phi) is 3.95. The summed E-state index contributed by atoms with van der Waals surface area (Å²) < 4.78 is 15.6. The fraction of sp³-hybridized carbons (Fsp3) is 0.500. The highest BCUT2D eigenvalue weighted by molar-refractivity contribution is 5.95. The normalized spacial score (nSPS) is 18.7. The summed E-state index contributed by atoms with van der Waals surface area (Å²) in [5.74, 6) is 0.563. The van der Waals surface area contributed by atoms with Crippen molar-refractivity contribution in [2.45, 2.75) is 32.0 Å². The molecule has 0 radical (unpaired) electrons. The summed E-state index contributed by atoms with van der Waals surface area (Å²) in [4.78, 5) is 11.8. The van der Waals surface area contributed by atoms with Crippen LogP contribution in [-0.4, -0.2) is 31.4 Å². The van der Waals surface area contributed by atoms with E-state index in [0.29, 0.717) is 29.0 Å². The van der Waals surface area contributed by atoms with Gasteiger partial charge in [-0.2, -0.15) is 0 Å². The van der Waals surface area contributed by atoms with Crippen molar-refractivity contribution in [2.75, 3.05) is 14.2 Å². The number of cyclic esters (lactones) is 1. The van der Waals surface area contributed by atoms with Crippen LogP contribution in [0.2, 0.25) is 0 Å². The molecule has 1 aliphatic rings. The van der Waals surface area contributed by atoms with E-state index in [1.807, 2.05) is 6.92 Å². The first-order valence-electron chi connectivity index (χ1n) is 6.27. The molecule has 0 aromatic heterocycles. The van der Waals surface area contributed by atoms with E-state index in [4.69, 9.17) is 14.2 Å². The Bertz CT molecular complexity index is 483. The molecule has 19 heavy (non-hydrogen) atoms. The average Bonchev–Trinajstić information content (AvgIpc) is 2.74. The molecule has 2 rings (SSSR count). The van der Waals surface area contributed by atoms with Gasteiger partial charge in [0.1, 0.15) is 0 Å². The van der Waals surface area contributed by atoms with E-state index < -0.39 is 18.2 Å². The van der Waals surface area contributed by atoms with Crippen LogP contribution in [0.5, 0.6) is 11.5 Å². The summed E-state index contributed by atoms with van der Waals surface area (Å²) in [6.45, 7) is 1.97. The van der Waals surface area contributed by atoms with Crippen molar-refractivity contribution in [3.8, 4) is 11.5 Å². The van der Waals surface area contributed by atoms with Crippen LogP contribution in [0.4, 0.5) is 0 Å². The maximum absolute atomic E-state index is 11.8. The summed E-state index contributed by atoms with van der Waals surface area (Å²) >= 11 is 0. The van der Waals surface area contributed by atoms with Crippen LogP contribution in [0.15, 0.2) is 12.1 Å². The molecule has 5 nitrogen and oxygen atoms in total. The molecule has 0 bridgehead atoms. The molecule has 1 aromatic carbocycles. The third kappa shape index (κ3) is 2.38. The second kappa shape index (κ2) is 5.48. The van der Waals surface area contributed by atoms with Gasteiger partial charge in [-0.3, -0.25) is 0 Å². The summed E-state index contributed by atoms with van der Waals surface area (Å²) in [5.41, 5.74) is 1.08. The Morgan fingerprint density at radius 2 is 1.95 bits per heavy atom. The number of aliphatic hydroxyl groups is 1. The highest BCUT2D eigenvalue weighted by Gasteiger charge is 2.36. The zero-order valence-electron chi connectivity index (χ0n) is 11.3. The van der Waals surface area contributed by atoms with E-state index in [2.05, 4.69) is 0 Å². The predicted octanol–water partition coefficient (Wildman–Crippen LogP) is 2.08. The number of hydrogen-bond acceptors (Lipinski definition) is 5. The SMILES string of the molecule is CCCC(O)C1OC(=O)c2cc(OC)c(OC)cc21.